The van der Waals surface area contributed by atoms with Crippen LogP contribution >= 0.6 is 0 Å². The van der Waals surface area contributed by atoms with E-state index >= 15 is 0 Å². The Balaban J connectivity index is 1.45. The Morgan fingerprint density at radius 1 is 1.03 bits per heavy atom. The number of ether oxygens (including phenoxy) is 2. The predicted molar refractivity (Wildman–Crippen MR) is 136 cm³/mol. The van der Waals surface area contributed by atoms with Gasteiger partial charge in [0, 0.05) is 12.1 Å². The molecular weight excluding hydrogens is 472 g/mol. The number of nitriles is 1. The summed E-state index contributed by atoms with van der Waals surface area (Å²) in [7, 11) is 1.59. The van der Waals surface area contributed by atoms with Crippen molar-refractivity contribution in [1.29, 1.82) is 5.26 Å². The number of carbonyl (C=O) groups excluding carboxylic acids is 3. The van der Waals surface area contributed by atoms with E-state index in [1.165, 1.54) is 29.3 Å². The minimum Gasteiger partial charge on any atom is -0.497 e. The van der Waals surface area contributed by atoms with Crippen LogP contribution in [0.25, 0.3) is 0 Å². The van der Waals surface area contributed by atoms with Crippen molar-refractivity contribution < 1.29 is 23.9 Å². The van der Waals surface area contributed by atoms with E-state index < -0.39 is 24.4 Å². The van der Waals surface area contributed by atoms with Gasteiger partial charge in [-0.25, -0.2) is 9.80 Å². The van der Waals surface area contributed by atoms with E-state index in [0.717, 1.165) is 16.8 Å². The predicted octanol–water partition coefficient (Wildman–Crippen LogP) is 4.08. The number of hydrazone groups is 1. The maximum absolute atomic E-state index is 13.1. The first-order valence-electron chi connectivity index (χ1n) is 11.5. The van der Waals surface area contributed by atoms with Gasteiger partial charge in [0.25, 0.3) is 5.91 Å². The summed E-state index contributed by atoms with van der Waals surface area (Å²) in [6.45, 7) is -0.488. The van der Waals surface area contributed by atoms with Gasteiger partial charge >= 0.3 is 5.97 Å². The molecule has 1 N–H and O–H groups in total. The van der Waals surface area contributed by atoms with Crippen LogP contribution in [-0.4, -0.2) is 42.2 Å². The molecule has 9 nitrogen and oxygen atoms in total. The average Bonchev–Trinajstić information content (AvgIpc) is 3.38. The molecule has 0 saturated carbocycles. The van der Waals surface area contributed by atoms with Gasteiger partial charge in [-0.2, -0.15) is 10.4 Å². The van der Waals surface area contributed by atoms with Crippen LogP contribution in [0.15, 0.2) is 84.0 Å². The van der Waals surface area contributed by atoms with Gasteiger partial charge in [0.05, 0.1) is 30.5 Å². The molecule has 0 aliphatic carbocycles. The van der Waals surface area contributed by atoms with Crippen molar-refractivity contribution in [3.8, 4) is 11.8 Å². The van der Waals surface area contributed by atoms with E-state index in [0.29, 0.717) is 17.9 Å². The van der Waals surface area contributed by atoms with E-state index in [1.54, 1.807) is 13.2 Å². The van der Waals surface area contributed by atoms with Crippen LogP contribution < -0.4 is 10.1 Å². The molecule has 3 aromatic carbocycles. The van der Waals surface area contributed by atoms with Crippen molar-refractivity contribution in [2.45, 2.75) is 18.9 Å². The first-order chi connectivity index (χ1) is 18.0. The molecule has 0 radical (unpaired) electrons. The Morgan fingerprint density at radius 3 is 2.38 bits per heavy atom. The average molecular weight is 497 g/mol. The number of nitrogens with zero attached hydrogens (tertiary/aromatic N) is 3. The summed E-state index contributed by atoms with van der Waals surface area (Å²) >= 11 is 0. The van der Waals surface area contributed by atoms with Gasteiger partial charge in [-0.15, -0.1) is 0 Å². The van der Waals surface area contributed by atoms with E-state index in [1.807, 2.05) is 54.6 Å². The van der Waals surface area contributed by atoms with Crippen molar-refractivity contribution >= 4 is 29.2 Å². The first-order valence-corrected chi connectivity index (χ1v) is 11.5. The number of methoxy groups -OCH3 is 1. The smallest absolute Gasteiger partial charge is 0.338 e. The molecule has 0 spiro atoms. The topological polar surface area (TPSA) is 121 Å². The molecule has 1 aliphatic rings. The SMILES string of the molecule is COc1ccc(C2CC(c3ccccc3)=NN2C(=O)COC(=O)c2ccc(NC(=O)CC#N)cc2)cc1. The molecule has 186 valence electrons. The van der Waals surface area contributed by atoms with E-state index in [2.05, 4.69) is 10.4 Å². The molecule has 0 aromatic heterocycles. The van der Waals surface area contributed by atoms with Gasteiger partial charge in [-0.05, 0) is 47.5 Å². The Hall–Kier alpha value is -4.97. The summed E-state index contributed by atoms with van der Waals surface area (Å²) in [5.74, 6) is -0.888. The monoisotopic (exact) mass is 496 g/mol. The van der Waals surface area contributed by atoms with Crippen molar-refractivity contribution in [2.75, 3.05) is 19.0 Å². The number of carbonyl (C=O) groups is 3. The van der Waals surface area contributed by atoms with Crippen LogP contribution in [0.1, 0.15) is 40.4 Å². The molecule has 0 fully saturated rings. The molecule has 1 unspecified atom stereocenters. The van der Waals surface area contributed by atoms with Crippen LogP contribution in [0.5, 0.6) is 5.75 Å². The van der Waals surface area contributed by atoms with Gasteiger partial charge in [0.2, 0.25) is 5.91 Å². The lowest BCUT2D eigenvalue weighted by Crippen LogP contribution is -2.31. The quantitative estimate of drug-likeness (QED) is 0.469. The number of hydrogen-bond acceptors (Lipinski definition) is 7. The van der Waals surface area contributed by atoms with E-state index in [4.69, 9.17) is 14.7 Å². The standard InChI is InChI=1S/C28H24N4O5/c1-36-23-13-9-20(10-14-23)25-17-24(19-5-3-2-4-6-19)31-32(25)27(34)18-37-28(35)21-7-11-22(12-8-21)30-26(33)15-16-29/h2-14,25H,15,17-18H2,1H3,(H,30,33). The molecule has 1 atom stereocenters. The molecule has 1 heterocycles. The largest absolute Gasteiger partial charge is 0.497 e. The fraction of sp³-hybridized carbons (Fsp3) is 0.179. The number of esters is 1. The van der Waals surface area contributed by atoms with Crippen LogP contribution in [0.4, 0.5) is 5.69 Å². The van der Waals surface area contributed by atoms with E-state index in [-0.39, 0.29) is 18.0 Å². The molecular formula is C28H24N4O5. The molecule has 0 saturated heterocycles. The molecule has 1 aliphatic heterocycles. The third kappa shape index (κ3) is 6.18. The van der Waals surface area contributed by atoms with Crippen molar-refractivity contribution in [1.82, 2.24) is 5.01 Å². The molecule has 37 heavy (non-hydrogen) atoms. The minimum atomic E-state index is -0.685. The van der Waals surface area contributed by atoms with Crippen LogP contribution in [0.3, 0.4) is 0 Å². The minimum absolute atomic E-state index is 0.215. The normalized spacial score (nSPS) is 14.3. The number of amides is 2. The lowest BCUT2D eigenvalue weighted by atomic mass is 9.98. The summed E-state index contributed by atoms with van der Waals surface area (Å²) in [5.41, 5.74) is 3.21. The van der Waals surface area contributed by atoms with Gasteiger partial charge in [0.15, 0.2) is 6.61 Å². The number of hydrogen-bond donors (Lipinski definition) is 1. The summed E-state index contributed by atoms with van der Waals surface area (Å²) < 4.78 is 10.5. The summed E-state index contributed by atoms with van der Waals surface area (Å²) in [4.78, 5) is 37.2. The van der Waals surface area contributed by atoms with Crippen molar-refractivity contribution in [2.24, 2.45) is 5.10 Å². The second kappa shape index (κ2) is 11.6. The highest BCUT2D eigenvalue weighted by atomic mass is 16.5. The lowest BCUT2D eigenvalue weighted by molar-refractivity contribution is -0.136. The number of benzene rings is 3. The van der Waals surface area contributed by atoms with E-state index in [9.17, 15) is 14.4 Å². The zero-order valence-electron chi connectivity index (χ0n) is 20.1. The maximum atomic E-state index is 13.1. The van der Waals surface area contributed by atoms with Crippen LogP contribution in [0.2, 0.25) is 0 Å². The Morgan fingerprint density at radius 2 is 1.73 bits per heavy atom. The highest BCUT2D eigenvalue weighted by molar-refractivity contribution is 6.03. The number of rotatable bonds is 8. The molecule has 0 bridgehead atoms. The first kappa shape index (κ1) is 25.1. The summed E-state index contributed by atoms with van der Waals surface area (Å²) in [6.07, 6.45) is 0.239. The molecule has 4 rings (SSSR count). The number of anilines is 1. The van der Waals surface area contributed by atoms with Gasteiger partial charge in [0.1, 0.15) is 12.2 Å². The fourth-order valence-electron chi connectivity index (χ4n) is 3.87. The fourth-order valence-corrected chi connectivity index (χ4v) is 3.87. The Labute approximate surface area is 213 Å². The second-order valence-electron chi connectivity index (χ2n) is 8.18. The zero-order valence-corrected chi connectivity index (χ0v) is 20.1. The zero-order chi connectivity index (χ0) is 26.2. The van der Waals surface area contributed by atoms with Gasteiger partial charge < -0.3 is 14.8 Å². The third-order valence-electron chi connectivity index (χ3n) is 5.74. The third-order valence-corrected chi connectivity index (χ3v) is 5.74. The van der Waals surface area contributed by atoms with Crippen molar-refractivity contribution in [3.05, 3.63) is 95.6 Å². The Kier molecular flexibility index (Phi) is 7.91. The van der Waals surface area contributed by atoms with Crippen molar-refractivity contribution in [3.63, 3.8) is 0 Å². The maximum Gasteiger partial charge on any atom is 0.338 e. The van der Waals surface area contributed by atoms with Crippen LogP contribution in [0, 0.1) is 11.3 Å². The number of nitrogens with one attached hydrogen (secondary N) is 1. The molecule has 2 amide bonds. The van der Waals surface area contributed by atoms with Crippen LogP contribution in [-0.2, 0) is 14.3 Å². The van der Waals surface area contributed by atoms with Gasteiger partial charge in [-0.1, -0.05) is 42.5 Å². The second-order valence-corrected chi connectivity index (χ2v) is 8.18. The highest BCUT2D eigenvalue weighted by Gasteiger charge is 2.33. The van der Waals surface area contributed by atoms with Gasteiger partial charge in [-0.3, -0.25) is 9.59 Å². The summed E-state index contributed by atoms with van der Waals surface area (Å²) in [5, 5.41) is 17.1. The Bertz CT molecular complexity index is 1350. The highest BCUT2D eigenvalue weighted by Crippen LogP contribution is 2.33. The summed E-state index contributed by atoms with van der Waals surface area (Å²) in [6, 6.07) is 24.4. The molecule has 9 heteroatoms. The lowest BCUT2D eigenvalue weighted by Gasteiger charge is -2.22. The molecule has 3 aromatic rings.